The lowest BCUT2D eigenvalue weighted by atomic mass is 10.1. The van der Waals surface area contributed by atoms with Gasteiger partial charge in [0.05, 0.1) is 5.69 Å². The predicted octanol–water partition coefficient (Wildman–Crippen LogP) is 3.40. The number of hydrogen-bond donors (Lipinski definition) is 2. The first-order valence-corrected chi connectivity index (χ1v) is 7.64. The summed E-state index contributed by atoms with van der Waals surface area (Å²) in [4.78, 5) is 13.7. The maximum Gasteiger partial charge on any atom is 0.223 e. The minimum atomic E-state index is -0.0141. The van der Waals surface area contributed by atoms with E-state index >= 15 is 0 Å². The van der Waals surface area contributed by atoms with Crippen molar-refractivity contribution in [1.82, 2.24) is 0 Å². The summed E-state index contributed by atoms with van der Waals surface area (Å²) in [6.45, 7) is 7.95. The van der Waals surface area contributed by atoms with Crippen molar-refractivity contribution >= 4 is 36.2 Å². The van der Waals surface area contributed by atoms with Crippen molar-refractivity contribution in [3.05, 3.63) is 14.7 Å². The van der Waals surface area contributed by atoms with Crippen molar-refractivity contribution in [2.45, 2.75) is 44.8 Å². The van der Waals surface area contributed by atoms with Gasteiger partial charge in [0, 0.05) is 24.9 Å². The van der Waals surface area contributed by atoms with E-state index < -0.39 is 0 Å². The summed E-state index contributed by atoms with van der Waals surface area (Å²) < 4.78 is 0.545. The highest BCUT2D eigenvalue weighted by atomic mass is 32.1. The molecule has 1 N–H and O–H groups in total. The highest BCUT2D eigenvalue weighted by molar-refractivity contribution is 7.81. The maximum absolute atomic E-state index is 11.7. The fourth-order valence-electron chi connectivity index (χ4n) is 1.96. The van der Waals surface area contributed by atoms with Gasteiger partial charge in [-0.2, -0.15) is 12.6 Å². The first-order valence-electron chi connectivity index (χ1n) is 6.78. The largest absolute Gasteiger partial charge is 0.380 e. The second-order valence-corrected chi connectivity index (χ2v) is 7.21. The van der Waals surface area contributed by atoms with E-state index in [9.17, 15) is 4.79 Å². The van der Waals surface area contributed by atoms with Crippen LogP contribution in [0.15, 0.2) is 4.79 Å². The van der Waals surface area contributed by atoms with Gasteiger partial charge in [-0.25, -0.2) is 0 Å². The third-order valence-electron chi connectivity index (χ3n) is 3.26. The third kappa shape index (κ3) is 4.49. The molecule has 0 amide bonds. The number of nitrogens with zero attached hydrogens (tertiary/aromatic N) is 1. The summed E-state index contributed by atoms with van der Waals surface area (Å²) >= 11 is 9.60. The number of nitrogens with one attached hydrogen (secondary N) is 1. The van der Waals surface area contributed by atoms with E-state index in [1.54, 1.807) is 0 Å². The van der Waals surface area contributed by atoms with Gasteiger partial charge >= 0.3 is 0 Å². The number of anilines is 2. The minimum Gasteiger partial charge on any atom is -0.380 e. The maximum atomic E-state index is 11.7. The van der Waals surface area contributed by atoms with Crippen LogP contribution in [0.25, 0.3) is 0 Å². The average Bonchev–Trinajstić information content (AvgIpc) is 2.34. The van der Waals surface area contributed by atoms with Crippen molar-refractivity contribution in [2.75, 3.05) is 30.4 Å². The lowest BCUT2D eigenvalue weighted by molar-refractivity contribution is 0.590. The second kappa shape index (κ2) is 6.75. The molecule has 0 radical (unpaired) electrons. The number of unbranched alkanes of at least 4 members (excludes halogenated alkanes) is 1. The first-order chi connectivity index (χ1) is 8.78. The molecule has 0 aliphatic carbocycles. The molecule has 19 heavy (non-hydrogen) atoms. The van der Waals surface area contributed by atoms with Crippen LogP contribution in [0.5, 0.6) is 0 Å². The van der Waals surface area contributed by atoms with Crippen LogP contribution in [0.3, 0.4) is 0 Å². The standard InChI is InChI=1S/C14H24N2OS2/c1-5-16(4)11-10(12(17)13(11)18)15-9-7-6-8-14(2,3)19/h15,19H,5-9H2,1-4H3. The number of rotatable bonds is 8. The van der Waals surface area contributed by atoms with Crippen LogP contribution in [-0.2, 0) is 0 Å². The molecule has 5 heteroatoms. The van der Waals surface area contributed by atoms with Crippen molar-refractivity contribution in [3.63, 3.8) is 0 Å². The van der Waals surface area contributed by atoms with E-state index in [-0.39, 0.29) is 10.2 Å². The van der Waals surface area contributed by atoms with E-state index in [1.807, 2.05) is 18.9 Å². The molecule has 108 valence electrons. The Labute approximate surface area is 126 Å². The highest BCUT2D eigenvalue weighted by Crippen LogP contribution is 2.26. The average molecular weight is 300 g/mol. The first kappa shape index (κ1) is 16.5. The zero-order valence-electron chi connectivity index (χ0n) is 12.2. The Morgan fingerprint density at radius 3 is 2.53 bits per heavy atom. The van der Waals surface area contributed by atoms with Crippen molar-refractivity contribution < 1.29 is 0 Å². The lowest BCUT2D eigenvalue weighted by Crippen LogP contribution is -2.28. The van der Waals surface area contributed by atoms with Crippen molar-refractivity contribution in [3.8, 4) is 0 Å². The minimum absolute atomic E-state index is 0.0141. The zero-order valence-corrected chi connectivity index (χ0v) is 14.0. The molecule has 1 aromatic carbocycles. The Bertz CT molecular complexity index is 484. The SMILES string of the molecule is CCN(C)c1c(NCCCCC(C)(C)S)c(=O)c1=S. The van der Waals surface area contributed by atoms with Crippen molar-refractivity contribution in [2.24, 2.45) is 0 Å². The summed E-state index contributed by atoms with van der Waals surface area (Å²) in [6.07, 6.45) is 3.22. The fourth-order valence-corrected chi connectivity index (χ4v) is 2.48. The van der Waals surface area contributed by atoms with Crippen LogP contribution in [0.1, 0.15) is 40.0 Å². The molecule has 0 aliphatic heterocycles. The molecule has 0 saturated carbocycles. The van der Waals surface area contributed by atoms with E-state index in [1.165, 1.54) is 0 Å². The van der Waals surface area contributed by atoms with Crippen LogP contribution in [0.2, 0.25) is 0 Å². The molecule has 0 aliphatic rings. The smallest absolute Gasteiger partial charge is 0.223 e. The molecule has 0 saturated heterocycles. The monoisotopic (exact) mass is 300 g/mol. The second-order valence-electron chi connectivity index (χ2n) is 5.59. The summed E-state index contributed by atoms with van der Waals surface area (Å²) in [5, 5.41) is 3.23. The summed E-state index contributed by atoms with van der Waals surface area (Å²) in [5.41, 5.74) is 1.58. The normalized spacial score (nSPS) is 11.8. The number of thiol groups is 1. The van der Waals surface area contributed by atoms with Gasteiger partial charge in [-0.15, -0.1) is 0 Å². The molecule has 0 spiro atoms. The Kier molecular flexibility index (Phi) is 5.86. The van der Waals surface area contributed by atoms with Gasteiger partial charge in [-0.1, -0.05) is 32.5 Å². The Hall–Kier alpha value is -0.550. The zero-order chi connectivity index (χ0) is 14.6. The Morgan fingerprint density at radius 1 is 1.37 bits per heavy atom. The quantitative estimate of drug-likeness (QED) is 0.438. The summed E-state index contributed by atoms with van der Waals surface area (Å²) in [6, 6.07) is 0. The van der Waals surface area contributed by atoms with Gasteiger partial charge in [-0.05, 0) is 19.8 Å². The van der Waals surface area contributed by atoms with E-state index in [4.69, 9.17) is 12.2 Å². The van der Waals surface area contributed by atoms with Crippen LogP contribution in [0.4, 0.5) is 11.4 Å². The third-order valence-corrected chi connectivity index (χ3v) is 3.86. The van der Waals surface area contributed by atoms with Crippen LogP contribution < -0.4 is 15.6 Å². The number of hydrogen-bond acceptors (Lipinski definition) is 5. The molecule has 0 bridgehead atoms. The molecule has 1 aromatic rings. The molecule has 0 atom stereocenters. The molecule has 0 aromatic heterocycles. The van der Waals surface area contributed by atoms with Crippen LogP contribution >= 0.6 is 24.8 Å². The summed E-state index contributed by atoms with van der Waals surface area (Å²) in [7, 11) is 1.96. The lowest BCUT2D eigenvalue weighted by Gasteiger charge is -2.23. The molecule has 3 nitrogen and oxygen atoms in total. The summed E-state index contributed by atoms with van der Waals surface area (Å²) in [5.74, 6) is 0. The van der Waals surface area contributed by atoms with Gasteiger partial charge < -0.3 is 10.2 Å². The predicted molar refractivity (Wildman–Crippen MR) is 90.3 cm³/mol. The van der Waals surface area contributed by atoms with Crippen LogP contribution in [-0.4, -0.2) is 24.9 Å². The van der Waals surface area contributed by atoms with Crippen LogP contribution in [0, 0.1) is 4.51 Å². The fraction of sp³-hybridized carbons (Fsp3) is 0.714. The molecular weight excluding hydrogens is 276 g/mol. The van der Waals surface area contributed by atoms with Crippen molar-refractivity contribution in [1.29, 1.82) is 0 Å². The molecular formula is C14H24N2OS2. The van der Waals surface area contributed by atoms with Gasteiger partial charge in [0.1, 0.15) is 10.2 Å². The van der Waals surface area contributed by atoms with E-state index in [0.29, 0.717) is 10.2 Å². The van der Waals surface area contributed by atoms with E-state index in [2.05, 4.69) is 31.8 Å². The topological polar surface area (TPSA) is 32.3 Å². The van der Waals surface area contributed by atoms with Gasteiger partial charge in [0.25, 0.3) is 0 Å². The highest BCUT2D eigenvalue weighted by Gasteiger charge is 2.19. The molecule has 1 rings (SSSR count). The molecule has 0 fully saturated rings. The van der Waals surface area contributed by atoms with Gasteiger partial charge in [-0.3, -0.25) is 4.79 Å². The molecule has 0 unspecified atom stereocenters. The van der Waals surface area contributed by atoms with E-state index in [0.717, 1.165) is 38.0 Å². The van der Waals surface area contributed by atoms with Gasteiger partial charge in [0.2, 0.25) is 5.43 Å². The Balaban J connectivity index is 2.45. The molecule has 0 heterocycles. The Morgan fingerprint density at radius 2 is 2.00 bits per heavy atom. The van der Waals surface area contributed by atoms with Gasteiger partial charge in [0.15, 0.2) is 0 Å².